The molecule has 0 unspecified atom stereocenters. The van der Waals surface area contributed by atoms with Crippen molar-refractivity contribution in [3.63, 3.8) is 0 Å². The molecule has 29 heavy (non-hydrogen) atoms. The van der Waals surface area contributed by atoms with Crippen molar-refractivity contribution >= 4 is 29.7 Å². The minimum absolute atomic E-state index is 0.559. The Hall–Kier alpha value is -3.24. The summed E-state index contributed by atoms with van der Waals surface area (Å²) in [4.78, 5) is 0. The Labute approximate surface area is 170 Å². The summed E-state index contributed by atoms with van der Waals surface area (Å²) >= 11 is 0. The van der Waals surface area contributed by atoms with Crippen LogP contribution in [0.4, 0.5) is 0 Å². The lowest BCUT2D eigenvalue weighted by Crippen LogP contribution is -2.43. The van der Waals surface area contributed by atoms with Crippen LogP contribution >= 0.6 is 0 Å². The number of hydrogen-bond acceptors (Lipinski definition) is 3. The molecule has 5 rings (SSSR count). The van der Waals surface area contributed by atoms with Gasteiger partial charge in [0, 0.05) is 6.42 Å². The molecule has 1 N–H and O–H groups in total. The Morgan fingerprint density at radius 3 is 2.28 bits per heavy atom. The number of fused-ring (bicyclic) bond motifs is 1. The van der Waals surface area contributed by atoms with Gasteiger partial charge in [0.1, 0.15) is 17.2 Å². The third-order valence-electron chi connectivity index (χ3n) is 5.51. The van der Waals surface area contributed by atoms with Crippen molar-refractivity contribution in [3.05, 3.63) is 95.1 Å². The Bertz CT molecular complexity index is 1210. The standard InChI is InChI=1S/C25H21BO3/c1-16-8-12-23(28-16)20-14-19-10-11-22(26(27)24-13-9-17(2)29-24)25(21(19)15-20)18-6-4-3-5-7-18/h3-13,15,27H,14H2,1-2H3. The zero-order valence-electron chi connectivity index (χ0n) is 16.5. The fourth-order valence-corrected chi connectivity index (χ4v) is 4.10. The van der Waals surface area contributed by atoms with Gasteiger partial charge >= 0.3 is 6.92 Å². The van der Waals surface area contributed by atoms with Gasteiger partial charge in [0.05, 0.1) is 5.76 Å². The molecule has 0 radical (unpaired) electrons. The summed E-state index contributed by atoms with van der Waals surface area (Å²) in [5.41, 5.74) is 7.06. The molecule has 0 atom stereocenters. The molecule has 0 saturated carbocycles. The third kappa shape index (κ3) is 3.16. The van der Waals surface area contributed by atoms with Gasteiger partial charge in [0.25, 0.3) is 0 Å². The number of aryl methyl sites for hydroxylation is 2. The highest BCUT2D eigenvalue weighted by atomic mass is 16.4. The van der Waals surface area contributed by atoms with Crippen molar-refractivity contribution in [3.8, 4) is 11.1 Å². The van der Waals surface area contributed by atoms with Crippen LogP contribution in [0, 0.1) is 13.8 Å². The Balaban J connectivity index is 1.69. The topological polar surface area (TPSA) is 46.5 Å². The fraction of sp³-hybridized carbons (Fsp3) is 0.120. The van der Waals surface area contributed by atoms with Crippen LogP contribution < -0.4 is 11.1 Å². The SMILES string of the molecule is Cc1ccc(B(O)c2ccc3c(c2-c2ccccc2)C=C(c2ccc(C)o2)C3)o1. The Kier molecular flexibility index (Phi) is 4.29. The van der Waals surface area contributed by atoms with Crippen LogP contribution in [0.2, 0.25) is 0 Å². The van der Waals surface area contributed by atoms with Gasteiger partial charge in [0.2, 0.25) is 0 Å². The lowest BCUT2D eigenvalue weighted by molar-refractivity contribution is 0.521. The second-order valence-corrected chi connectivity index (χ2v) is 7.58. The van der Waals surface area contributed by atoms with E-state index in [-0.39, 0.29) is 0 Å². The smallest absolute Gasteiger partial charge is 0.400 e. The summed E-state index contributed by atoms with van der Waals surface area (Å²) in [5.74, 6) is 2.60. The predicted molar refractivity (Wildman–Crippen MR) is 118 cm³/mol. The van der Waals surface area contributed by atoms with Crippen molar-refractivity contribution in [1.82, 2.24) is 0 Å². The summed E-state index contributed by atoms with van der Waals surface area (Å²) in [6.07, 6.45) is 3.01. The van der Waals surface area contributed by atoms with Gasteiger partial charge in [-0.2, -0.15) is 0 Å². The van der Waals surface area contributed by atoms with Gasteiger partial charge in [0.15, 0.2) is 0 Å². The first kappa shape index (κ1) is 17.8. The molecule has 0 aliphatic heterocycles. The number of benzene rings is 2. The maximum Gasteiger partial charge on any atom is 0.400 e. The van der Waals surface area contributed by atoms with E-state index < -0.39 is 6.92 Å². The molecule has 0 saturated heterocycles. The monoisotopic (exact) mass is 380 g/mol. The first-order valence-corrected chi connectivity index (χ1v) is 9.83. The van der Waals surface area contributed by atoms with Crippen LogP contribution in [0.25, 0.3) is 22.8 Å². The lowest BCUT2D eigenvalue weighted by atomic mass is 9.56. The summed E-state index contributed by atoms with van der Waals surface area (Å²) < 4.78 is 11.6. The molecule has 142 valence electrons. The van der Waals surface area contributed by atoms with Crippen LogP contribution in [0.3, 0.4) is 0 Å². The number of rotatable bonds is 4. The van der Waals surface area contributed by atoms with Gasteiger partial charge < -0.3 is 13.9 Å². The Morgan fingerprint density at radius 1 is 0.828 bits per heavy atom. The summed E-state index contributed by atoms with van der Waals surface area (Å²) in [5, 5.41) is 11.1. The van der Waals surface area contributed by atoms with E-state index in [1.165, 1.54) is 5.56 Å². The van der Waals surface area contributed by atoms with E-state index in [2.05, 4.69) is 24.3 Å². The first-order chi connectivity index (χ1) is 14.1. The molecule has 1 aliphatic carbocycles. The van der Waals surface area contributed by atoms with Gasteiger partial charge in [-0.15, -0.1) is 0 Å². The molecule has 1 aliphatic rings. The molecule has 4 aromatic rings. The normalized spacial score (nSPS) is 12.7. The average molecular weight is 380 g/mol. The predicted octanol–water partition coefficient (Wildman–Crippen LogP) is 4.35. The van der Waals surface area contributed by atoms with E-state index >= 15 is 0 Å². The van der Waals surface area contributed by atoms with E-state index in [0.717, 1.165) is 51.4 Å². The summed E-state index contributed by atoms with van der Waals surface area (Å²) in [7, 11) is 0. The molecule has 0 bridgehead atoms. The first-order valence-electron chi connectivity index (χ1n) is 9.83. The van der Waals surface area contributed by atoms with E-state index in [1.54, 1.807) is 0 Å². The van der Waals surface area contributed by atoms with E-state index in [4.69, 9.17) is 8.83 Å². The van der Waals surface area contributed by atoms with Crippen LogP contribution in [0.5, 0.6) is 0 Å². The van der Waals surface area contributed by atoms with Crippen LogP contribution in [0.1, 0.15) is 28.4 Å². The highest BCUT2D eigenvalue weighted by Crippen LogP contribution is 2.37. The van der Waals surface area contributed by atoms with Crippen LogP contribution in [-0.4, -0.2) is 11.9 Å². The zero-order chi connectivity index (χ0) is 20.0. The van der Waals surface area contributed by atoms with Gasteiger partial charge in [-0.3, -0.25) is 0 Å². The molecule has 0 spiro atoms. The molecule has 2 aromatic heterocycles. The number of furan rings is 2. The van der Waals surface area contributed by atoms with Gasteiger partial charge in [-0.05, 0) is 77.5 Å². The molecule has 4 heteroatoms. The van der Waals surface area contributed by atoms with Crippen molar-refractivity contribution < 1.29 is 13.9 Å². The quantitative estimate of drug-likeness (QED) is 0.536. The van der Waals surface area contributed by atoms with Gasteiger partial charge in [-0.1, -0.05) is 42.5 Å². The molecule has 3 nitrogen and oxygen atoms in total. The largest absolute Gasteiger partial charge is 0.473 e. The zero-order valence-corrected chi connectivity index (χ0v) is 16.5. The van der Waals surface area contributed by atoms with E-state index in [9.17, 15) is 5.02 Å². The maximum absolute atomic E-state index is 11.1. The third-order valence-corrected chi connectivity index (χ3v) is 5.51. The molecular formula is C25H21BO3. The average Bonchev–Trinajstić information content (AvgIpc) is 3.46. The second kappa shape index (κ2) is 6.98. The molecule has 2 aromatic carbocycles. The number of allylic oxidation sites excluding steroid dienone is 1. The number of hydrogen-bond donors (Lipinski definition) is 1. The van der Waals surface area contributed by atoms with Crippen molar-refractivity contribution in [2.75, 3.05) is 0 Å². The van der Waals surface area contributed by atoms with Crippen molar-refractivity contribution in [2.24, 2.45) is 0 Å². The van der Waals surface area contributed by atoms with E-state index in [0.29, 0.717) is 5.66 Å². The lowest BCUT2D eigenvalue weighted by Gasteiger charge is -2.16. The molecule has 2 heterocycles. The van der Waals surface area contributed by atoms with Crippen LogP contribution in [-0.2, 0) is 6.42 Å². The second-order valence-electron chi connectivity index (χ2n) is 7.58. The van der Waals surface area contributed by atoms with E-state index in [1.807, 2.05) is 62.4 Å². The molecular weight excluding hydrogens is 359 g/mol. The summed E-state index contributed by atoms with van der Waals surface area (Å²) in [6.45, 7) is 3.02. The Morgan fingerprint density at radius 2 is 1.59 bits per heavy atom. The fourth-order valence-electron chi connectivity index (χ4n) is 4.10. The van der Waals surface area contributed by atoms with Gasteiger partial charge in [-0.25, -0.2) is 0 Å². The minimum Gasteiger partial charge on any atom is -0.473 e. The minimum atomic E-state index is -0.826. The highest BCUT2D eigenvalue weighted by Gasteiger charge is 2.29. The molecule has 0 amide bonds. The van der Waals surface area contributed by atoms with Crippen molar-refractivity contribution in [2.45, 2.75) is 20.3 Å². The highest BCUT2D eigenvalue weighted by molar-refractivity contribution is 6.79. The summed E-state index contributed by atoms with van der Waals surface area (Å²) in [6, 6.07) is 22.1. The van der Waals surface area contributed by atoms with Crippen molar-refractivity contribution in [1.29, 1.82) is 0 Å². The molecule has 0 fully saturated rings. The maximum atomic E-state index is 11.1. The van der Waals surface area contributed by atoms with Crippen LogP contribution in [0.15, 0.2) is 75.6 Å².